The highest BCUT2D eigenvalue weighted by Crippen LogP contribution is 2.37. The molecule has 7 heteroatoms. The molecular weight excluding hydrogens is 410 g/mol. The van der Waals surface area contributed by atoms with E-state index in [1.54, 1.807) is 11.3 Å². The van der Waals surface area contributed by atoms with E-state index in [0.717, 1.165) is 15.2 Å². The minimum absolute atomic E-state index is 0.153. The second-order valence-corrected chi connectivity index (χ2v) is 10.2. The Balaban J connectivity index is 1.47. The van der Waals surface area contributed by atoms with Crippen LogP contribution in [0.3, 0.4) is 0 Å². The highest BCUT2D eigenvalue weighted by molar-refractivity contribution is 7.18. The van der Waals surface area contributed by atoms with Crippen LogP contribution < -0.4 is 5.32 Å². The molecule has 2 aliphatic rings. The van der Waals surface area contributed by atoms with Crippen molar-refractivity contribution in [2.45, 2.75) is 58.5 Å². The molecule has 6 nitrogen and oxygen atoms in total. The van der Waals surface area contributed by atoms with Crippen LogP contribution in [0.4, 0.5) is 0 Å². The summed E-state index contributed by atoms with van der Waals surface area (Å²) < 4.78 is 1.12. The van der Waals surface area contributed by atoms with E-state index in [9.17, 15) is 14.4 Å². The van der Waals surface area contributed by atoms with Crippen LogP contribution in [0.2, 0.25) is 0 Å². The van der Waals surface area contributed by atoms with E-state index < -0.39 is 6.04 Å². The SMILES string of the molecule is CC(C)C[C@H](C(=O)N[C@H](C)Cc1nc2ccccc2s1)N1C(=O)[C@H]2CC=CC[C@H]2C1=O. The molecule has 0 saturated carbocycles. The fourth-order valence-corrected chi connectivity index (χ4v) is 5.66. The summed E-state index contributed by atoms with van der Waals surface area (Å²) >= 11 is 1.62. The van der Waals surface area contributed by atoms with Crippen LogP contribution in [-0.4, -0.2) is 39.7 Å². The lowest BCUT2D eigenvalue weighted by molar-refractivity contribution is -0.148. The van der Waals surface area contributed by atoms with Gasteiger partial charge in [-0.05, 0) is 44.2 Å². The van der Waals surface area contributed by atoms with Gasteiger partial charge >= 0.3 is 0 Å². The van der Waals surface area contributed by atoms with E-state index in [4.69, 9.17) is 0 Å². The summed E-state index contributed by atoms with van der Waals surface area (Å²) in [6, 6.07) is 7.06. The molecule has 1 aliphatic carbocycles. The molecule has 2 aromatic rings. The number of carbonyl (C=O) groups excluding carboxylic acids is 3. The van der Waals surface area contributed by atoms with E-state index in [0.29, 0.717) is 25.7 Å². The number of nitrogens with one attached hydrogen (secondary N) is 1. The van der Waals surface area contributed by atoms with Crippen molar-refractivity contribution in [2.24, 2.45) is 17.8 Å². The summed E-state index contributed by atoms with van der Waals surface area (Å²) in [7, 11) is 0. The first-order valence-electron chi connectivity index (χ1n) is 11.0. The number of rotatable bonds is 7. The summed E-state index contributed by atoms with van der Waals surface area (Å²) in [5.41, 5.74) is 0.961. The van der Waals surface area contributed by atoms with E-state index in [1.807, 2.05) is 57.2 Å². The zero-order chi connectivity index (χ0) is 22.1. The number of nitrogens with zero attached hydrogens (tertiary/aromatic N) is 2. The van der Waals surface area contributed by atoms with E-state index >= 15 is 0 Å². The highest BCUT2D eigenvalue weighted by atomic mass is 32.1. The molecule has 1 saturated heterocycles. The molecule has 4 rings (SSSR count). The lowest BCUT2D eigenvalue weighted by Crippen LogP contribution is -2.52. The third kappa shape index (κ3) is 4.42. The van der Waals surface area contributed by atoms with Crippen molar-refractivity contribution in [3.8, 4) is 0 Å². The quantitative estimate of drug-likeness (QED) is 0.527. The summed E-state index contributed by atoms with van der Waals surface area (Å²) in [5, 5.41) is 4.00. The molecule has 31 heavy (non-hydrogen) atoms. The Labute approximate surface area is 186 Å². The molecule has 0 unspecified atom stereocenters. The zero-order valence-corrected chi connectivity index (χ0v) is 19.0. The van der Waals surface area contributed by atoms with Crippen LogP contribution in [-0.2, 0) is 20.8 Å². The van der Waals surface area contributed by atoms with Crippen molar-refractivity contribution < 1.29 is 14.4 Å². The predicted octanol–water partition coefficient (Wildman–Crippen LogP) is 3.71. The molecule has 3 amide bonds. The molecule has 1 fully saturated rings. The maximum Gasteiger partial charge on any atom is 0.243 e. The average Bonchev–Trinajstić information content (AvgIpc) is 3.24. The third-order valence-electron chi connectivity index (χ3n) is 6.06. The molecule has 1 aromatic heterocycles. The van der Waals surface area contributed by atoms with Gasteiger partial charge < -0.3 is 5.32 Å². The Kier molecular flexibility index (Phi) is 6.23. The van der Waals surface area contributed by atoms with Gasteiger partial charge in [-0.15, -0.1) is 11.3 Å². The van der Waals surface area contributed by atoms with Crippen LogP contribution in [0, 0.1) is 17.8 Å². The lowest BCUT2D eigenvalue weighted by atomic mass is 9.85. The van der Waals surface area contributed by atoms with Gasteiger partial charge in [0, 0.05) is 12.5 Å². The molecule has 164 valence electrons. The zero-order valence-electron chi connectivity index (χ0n) is 18.2. The number of aromatic nitrogens is 1. The van der Waals surface area contributed by atoms with Gasteiger partial charge in [-0.1, -0.05) is 38.1 Å². The number of carbonyl (C=O) groups is 3. The molecule has 1 aliphatic heterocycles. The summed E-state index contributed by atoms with van der Waals surface area (Å²) in [6.45, 7) is 5.95. The lowest BCUT2D eigenvalue weighted by Gasteiger charge is -2.28. The van der Waals surface area contributed by atoms with Gasteiger partial charge in [-0.3, -0.25) is 19.3 Å². The van der Waals surface area contributed by atoms with Gasteiger partial charge in [0.1, 0.15) is 6.04 Å². The van der Waals surface area contributed by atoms with Crippen molar-refractivity contribution in [2.75, 3.05) is 0 Å². The molecule has 1 N–H and O–H groups in total. The van der Waals surface area contributed by atoms with Crippen molar-refractivity contribution >= 4 is 39.3 Å². The first kappa shape index (κ1) is 21.7. The minimum Gasteiger partial charge on any atom is -0.351 e. The van der Waals surface area contributed by atoms with E-state index in [-0.39, 0.29) is 41.5 Å². The fraction of sp³-hybridized carbons (Fsp3) is 0.500. The predicted molar refractivity (Wildman–Crippen MR) is 121 cm³/mol. The van der Waals surface area contributed by atoms with Gasteiger partial charge in [-0.2, -0.15) is 0 Å². The maximum atomic E-state index is 13.2. The van der Waals surface area contributed by atoms with Gasteiger partial charge in [0.15, 0.2) is 0 Å². The van der Waals surface area contributed by atoms with Crippen LogP contribution in [0.15, 0.2) is 36.4 Å². The smallest absolute Gasteiger partial charge is 0.243 e. The number of thiazole rings is 1. The second kappa shape index (κ2) is 8.91. The molecular formula is C24H29N3O3S. The van der Waals surface area contributed by atoms with Crippen molar-refractivity contribution in [3.05, 3.63) is 41.4 Å². The van der Waals surface area contributed by atoms with E-state index in [2.05, 4.69) is 10.3 Å². The van der Waals surface area contributed by atoms with Gasteiger partial charge in [0.05, 0.1) is 27.1 Å². The van der Waals surface area contributed by atoms with Crippen molar-refractivity contribution in [1.29, 1.82) is 0 Å². The standard InChI is InChI=1S/C24H29N3O3S/c1-14(2)12-19(27-23(29)16-8-4-5-9-17(16)24(27)30)22(28)25-15(3)13-21-26-18-10-6-7-11-20(18)31-21/h4-7,10-11,14-17,19H,8-9,12-13H2,1-3H3,(H,25,28)/t15-,16-,17+,19-/m1/s1. The Morgan fingerprint density at radius 2 is 1.77 bits per heavy atom. The number of fused-ring (bicyclic) bond motifs is 2. The maximum absolute atomic E-state index is 13.2. The number of amides is 3. The van der Waals surface area contributed by atoms with E-state index in [1.165, 1.54) is 4.90 Å². The monoisotopic (exact) mass is 439 g/mol. The van der Waals surface area contributed by atoms with Crippen LogP contribution in [0.1, 0.15) is 45.0 Å². The Morgan fingerprint density at radius 3 is 2.39 bits per heavy atom. The summed E-state index contributed by atoms with van der Waals surface area (Å²) in [4.78, 5) is 45.2. The number of imide groups is 1. The molecule has 1 aromatic carbocycles. The number of hydrogen-bond donors (Lipinski definition) is 1. The second-order valence-electron chi connectivity index (χ2n) is 9.04. The molecule has 4 atom stereocenters. The number of benzene rings is 1. The van der Waals surface area contributed by atoms with Crippen LogP contribution in [0.5, 0.6) is 0 Å². The number of para-hydroxylation sites is 1. The third-order valence-corrected chi connectivity index (χ3v) is 7.12. The molecule has 0 bridgehead atoms. The molecule has 0 radical (unpaired) electrons. The summed E-state index contributed by atoms with van der Waals surface area (Å²) in [5.74, 6) is -1.11. The van der Waals surface area contributed by atoms with Crippen molar-refractivity contribution in [1.82, 2.24) is 15.2 Å². The Morgan fingerprint density at radius 1 is 1.13 bits per heavy atom. The largest absolute Gasteiger partial charge is 0.351 e. The molecule has 0 spiro atoms. The van der Waals surface area contributed by atoms with Gasteiger partial charge in [0.25, 0.3) is 0 Å². The first-order chi connectivity index (χ1) is 14.8. The fourth-order valence-electron chi connectivity index (χ4n) is 4.57. The van der Waals surface area contributed by atoms with Gasteiger partial charge in [-0.25, -0.2) is 4.98 Å². The van der Waals surface area contributed by atoms with Crippen molar-refractivity contribution in [3.63, 3.8) is 0 Å². The molecule has 2 heterocycles. The number of allylic oxidation sites excluding steroid dienone is 2. The Hall–Kier alpha value is -2.54. The Bertz CT molecular complexity index is 969. The topological polar surface area (TPSA) is 79.4 Å². The van der Waals surface area contributed by atoms with Crippen LogP contribution >= 0.6 is 11.3 Å². The minimum atomic E-state index is -0.761. The normalized spacial score (nSPS) is 22.8. The summed E-state index contributed by atoms with van der Waals surface area (Å²) in [6.07, 6.45) is 6.16. The number of likely N-dealkylation sites (tertiary alicyclic amines) is 1. The van der Waals surface area contributed by atoms with Gasteiger partial charge in [0.2, 0.25) is 17.7 Å². The van der Waals surface area contributed by atoms with Crippen LogP contribution in [0.25, 0.3) is 10.2 Å². The first-order valence-corrected chi connectivity index (χ1v) is 11.8. The average molecular weight is 440 g/mol. The number of hydrogen-bond acceptors (Lipinski definition) is 5. The highest BCUT2D eigenvalue weighted by Gasteiger charge is 2.51.